The van der Waals surface area contributed by atoms with E-state index in [0.717, 1.165) is 25.0 Å². The second-order valence-electron chi connectivity index (χ2n) is 6.48. The Morgan fingerprint density at radius 2 is 1.96 bits per heavy atom. The van der Waals surface area contributed by atoms with Crippen LogP contribution < -0.4 is 10.1 Å². The van der Waals surface area contributed by atoms with E-state index in [0.29, 0.717) is 19.2 Å². The van der Waals surface area contributed by atoms with Gasteiger partial charge in [-0.15, -0.1) is 0 Å². The molecule has 128 valence electrons. The Balaban J connectivity index is 1.50. The summed E-state index contributed by atoms with van der Waals surface area (Å²) in [5.74, 6) is 0.877. The Kier molecular flexibility index (Phi) is 5.89. The van der Waals surface area contributed by atoms with E-state index in [2.05, 4.69) is 42.6 Å². The average molecular weight is 325 g/mol. The molecule has 0 saturated carbocycles. The number of benzene rings is 2. The number of aliphatic hydroxyl groups is 1. The molecule has 2 atom stereocenters. The van der Waals surface area contributed by atoms with Crippen LogP contribution in [0.5, 0.6) is 5.75 Å². The number of aryl methyl sites for hydroxylation is 2. The van der Waals surface area contributed by atoms with Crippen molar-refractivity contribution in [2.75, 3.05) is 13.2 Å². The minimum Gasteiger partial charge on any atom is -0.491 e. The zero-order valence-corrected chi connectivity index (χ0v) is 14.4. The molecule has 0 bridgehead atoms. The average Bonchev–Trinajstić information content (AvgIpc) is 2.64. The van der Waals surface area contributed by atoms with Gasteiger partial charge in [-0.25, -0.2) is 0 Å². The minimum atomic E-state index is -0.510. The molecule has 1 unspecified atom stereocenters. The molecular formula is C21H27NO2. The fourth-order valence-corrected chi connectivity index (χ4v) is 3.43. The van der Waals surface area contributed by atoms with Gasteiger partial charge in [-0.3, -0.25) is 0 Å². The van der Waals surface area contributed by atoms with E-state index < -0.39 is 6.10 Å². The van der Waals surface area contributed by atoms with Crippen molar-refractivity contribution in [3.63, 3.8) is 0 Å². The Bertz CT molecular complexity index is 656. The van der Waals surface area contributed by atoms with Crippen LogP contribution in [0.3, 0.4) is 0 Å². The standard InChI is InChI=1S/C21H27NO2/c1-2-16-8-4-6-13-21(16)24-15-18(23)14-22-20-12-7-10-17-9-3-5-11-19(17)20/h3-6,8-9,11,13,18,20,22-23H,2,7,10,12,14-15H2,1H3/t18?,20-/m0/s1. The van der Waals surface area contributed by atoms with E-state index in [-0.39, 0.29) is 0 Å². The predicted molar refractivity (Wildman–Crippen MR) is 97.4 cm³/mol. The van der Waals surface area contributed by atoms with Crippen molar-refractivity contribution in [3.05, 3.63) is 65.2 Å². The number of fused-ring (bicyclic) bond motifs is 1. The van der Waals surface area contributed by atoms with Crippen molar-refractivity contribution in [2.24, 2.45) is 0 Å². The van der Waals surface area contributed by atoms with Gasteiger partial charge in [-0.2, -0.15) is 0 Å². The minimum absolute atomic E-state index is 0.318. The van der Waals surface area contributed by atoms with E-state index in [1.54, 1.807) is 0 Å². The fourth-order valence-electron chi connectivity index (χ4n) is 3.43. The van der Waals surface area contributed by atoms with Gasteiger partial charge < -0.3 is 15.2 Å². The summed E-state index contributed by atoms with van der Waals surface area (Å²) < 4.78 is 5.81. The molecule has 2 aromatic carbocycles. The molecule has 3 heteroatoms. The highest BCUT2D eigenvalue weighted by Crippen LogP contribution is 2.29. The molecule has 0 spiro atoms. The first-order chi connectivity index (χ1) is 11.8. The van der Waals surface area contributed by atoms with Crippen LogP contribution in [0, 0.1) is 0 Å². The SMILES string of the molecule is CCc1ccccc1OCC(O)CN[C@H]1CCCc2ccccc21. The number of para-hydroxylation sites is 1. The normalized spacial score (nSPS) is 18.0. The van der Waals surface area contributed by atoms with Crippen molar-refractivity contribution in [3.8, 4) is 5.75 Å². The molecule has 0 fully saturated rings. The van der Waals surface area contributed by atoms with Crippen LogP contribution in [-0.4, -0.2) is 24.4 Å². The van der Waals surface area contributed by atoms with Gasteiger partial charge in [-0.05, 0) is 48.4 Å². The fraction of sp³-hybridized carbons (Fsp3) is 0.429. The highest BCUT2D eigenvalue weighted by atomic mass is 16.5. The first-order valence-electron chi connectivity index (χ1n) is 8.98. The Labute approximate surface area is 144 Å². The van der Waals surface area contributed by atoms with E-state index in [4.69, 9.17) is 4.74 Å². The molecule has 0 aliphatic heterocycles. The van der Waals surface area contributed by atoms with Crippen molar-refractivity contribution in [1.29, 1.82) is 0 Å². The van der Waals surface area contributed by atoms with Crippen molar-refractivity contribution >= 4 is 0 Å². The number of nitrogens with one attached hydrogen (secondary N) is 1. The molecule has 2 N–H and O–H groups in total. The van der Waals surface area contributed by atoms with Gasteiger partial charge in [0.2, 0.25) is 0 Å². The quantitative estimate of drug-likeness (QED) is 0.816. The van der Waals surface area contributed by atoms with Gasteiger partial charge in [0.15, 0.2) is 0 Å². The molecule has 3 nitrogen and oxygen atoms in total. The first-order valence-corrected chi connectivity index (χ1v) is 8.98. The summed E-state index contributed by atoms with van der Waals surface area (Å²) in [7, 11) is 0. The highest BCUT2D eigenvalue weighted by Gasteiger charge is 2.20. The number of aliphatic hydroxyl groups excluding tert-OH is 1. The Morgan fingerprint density at radius 3 is 2.83 bits per heavy atom. The molecule has 0 aromatic heterocycles. The molecule has 1 aliphatic rings. The topological polar surface area (TPSA) is 41.5 Å². The van der Waals surface area contributed by atoms with Crippen LogP contribution in [0.15, 0.2) is 48.5 Å². The Hall–Kier alpha value is -1.84. The van der Waals surface area contributed by atoms with Crippen molar-refractivity contribution in [1.82, 2.24) is 5.32 Å². The molecule has 0 heterocycles. The third kappa shape index (κ3) is 4.16. The monoisotopic (exact) mass is 325 g/mol. The summed E-state index contributed by atoms with van der Waals surface area (Å²) in [5, 5.41) is 13.8. The molecule has 1 aliphatic carbocycles. The summed E-state index contributed by atoms with van der Waals surface area (Å²) in [5.41, 5.74) is 4.00. The summed E-state index contributed by atoms with van der Waals surface area (Å²) in [6.45, 7) is 2.98. The number of hydrogen-bond acceptors (Lipinski definition) is 3. The molecule has 0 saturated heterocycles. The zero-order valence-electron chi connectivity index (χ0n) is 14.4. The predicted octanol–water partition coefficient (Wildman–Crippen LogP) is 3.66. The lowest BCUT2D eigenvalue weighted by Crippen LogP contribution is -2.35. The first kappa shape index (κ1) is 17.0. The second kappa shape index (κ2) is 8.32. The van der Waals surface area contributed by atoms with Crippen LogP contribution >= 0.6 is 0 Å². The summed E-state index contributed by atoms with van der Waals surface area (Å²) in [4.78, 5) is 0. The van der Waals surface area contributed by atoms with E-state index in [9.17, 15) is 5.11 Å². The van der Waals surface area contributed by atoms with Crippen LogP contribution in [0.2, 0.25) is 0 Å². The summed E-state index contributed by atoms with van der Waals surface area (Å²) in [6.07, 6.45) is 3.91. The smallest absolute Gasteiger partial charge is 0.122 e. The van der Waals surface area contributed by atoms with Gasteiger partial charge in [0, 0.05) is 12.6 Å². The van der Waals surface area contributed by atoms with Crippen molar-refractivity contribution in [2.45, 2.75) is 44.8 Å². The molecule has 3 rings (SSSR count). The number of ether oxygens (including phenoxy) is 1. The van der Waals surface area contributed by atoms with Crippen LogP contribution in [0.1, 0.15) is 42.5 Å². The molecule has 0 amide bonds. The van der Waals surface area contributed by atoms with Crippen molar-refractivity contribution < 1.29 is 9.84 Å². The zero-order chi connectivity index (χ0) is 16.8. The van der Waals surface area contributed by atoms with Crippen LogP contribution in [0.25, 0.3) is 0 Å². The van der Waals surface area contributed by atoms with Crippen LogP contribution in [-0.2, 0) is 12.8 Å². The molecule has 2 aromatic rings. The summed E-state index contributed by atoms with van der Waals surface area (Å²) in [6, 6.07) is 17.0. The maximum absolute atomic E-state index is 10.3. The number of hydrogen-bond donors (Lipinski definition) is 2. The molecule has 0 radical (unpaired) electrons. The van der Waals surface area contributed by atoms with E-state index >= 15 is 0 Å². The van der Waals surface area contributed by atoms with Crippen LogP contribution in [0.4, 0.5) is 0 Å². The van der Waals surface area contributed by atoms with Gasteiger partial charge in [-0.1, -0.05) is 49.4 Å². The third-order valence-electron chi connectivity index (χ3n) is 4.75. The summed E-state index contributed by atoms with van der Waals surface area (Å²) >= 11 is 0. The van der Waals surface area contributed by atoms with Gasteiger partial charge >= 0.3 is 0 Å². The van der Waals surface area contributed by atoms with E-state index in [1.807, 2.05) is 18.2 Å². The van der Waals surface area contributed by atoms with Gasteiger partial charge in [0.1, 0.15) is 18.5 Å². The second-order valence-corrected chi connectivity index (χ2v) is 6.48. The lowest BCUT2D eigenvalue weighted by molar-refractivity contribution is 0.102. The molecular weight excluding hydrogens is 298 g/mol. The molecule has 24 heavy (non-hydrogen) atoms. The lowest BCUT2D eigenvalue weighted by atomic mass is 9.88. The third-order valence-corrected chi connectivity index (χ3v) is 4.75. The highest BCUT2D eigenvalue weighted by molar-refractivity contribution is 5.33. The van der Waals surface area contributed by atoms with Gasteiger partial charge in [0.25, 0.3) is 0 Å². The number of rotatable bonds is 7. The van der Waals surface area contributed by atoms with Gasteiger partial charge in [0.05, 0.1) is 0 Å². The largest absolute Gasteiger partial charge is 0.491 e. The lowest BCUT2D eigenvalue weighted by Gasteiger charge is -2.27. The van der Waals surface area contributed by atoms with E-state index in [1.165, 1.54) is 23.1 Å². The maximum atomic E-state index is 10.3. The Morgan fingerprint density at radius 1 is 1.17 bits per heavy atom. The maximum Gasteiger partial charge on any atom is 0.122 e.